The minimum atomic E-state index is -0.471. The lowest BCUT2D eigenvalue weighted by atomic mass is 9.60. The molecule has 1 aliphatic heterocycles. The quantitative estimate of drug-likeness (QED) is 0.678. The lowest BCUT2D eigenvalue weighted by molar-refractivity contribution is -0.0925. The van der Waals surface area contributed by atoms with Crippen molar-refractivity contribution in [1.29, 1.82) is 0 Å². The van der Waals surface area contributed by atoms with Crippen LogP contribution < -0.4 is 5.56 Å². The molecule has 2 aromatic heterocycles. The standard InChI is InChI=1S/C21H27BrN4O3/c1-13-17(22)18(15-7-6-8-16(27)24(15)5)26(23-13)14-9-21(10-14)11-25(12-21)19(28)29-20(2,3)4/h6-8,14H,9-12H2,1-5H3. The van der Waals surface area contributed by atoms with Crippen molar-refractivity contribution in [3.63, 3.8) is 0 Å². The Morgan fingerprint density at radius 1 is 1.28 bits per heavy atom. The molecule has 4 rings (SSSR count). The van der Waals surface area contributed by atoms with Crippen molar-refractivity contribution < 1.29 is 9.53 Å². The predicted molar refractivity (Wildman–Crippen MR) is 114 cm³/mol. The van der Waals surface area contributed by atoms with Gasteiger partial charge in [-0.3, -0.25) is 9.48 Å². The second kappa shape index (κ2) is 6.72. The van der Waals surface area contributed by atoms with Gasteiger partial charge in [0.1, 0.15) is 5.60 Å². The first-order valence-corrected chi connectivity index (χ1v) is 10.7. The topological polar surface area (TPSA) is 69.4 Å². The number of amides is 1. The lowest BCUT2D eigenvalue weighted by Crippen LogP contribution is -2.64. The number of aromatic nitrogens is 3. The molecule has 0 unspecified atom stereocenters. The highest BCUT2D eigenvalue weighted by Crippen LogP contribution is 2.55. The lowest BCUT2D eigenvalue weighted by Gasteiger charge is -2.58. The minimum Gasteiger partial charge on any atom is -0.444 e. The number of rotatable bonds is 2. The third-order valence-corrected chi connectivity index (χ3v) is 6.78. The van der Waals surface area contributed by atoms with Crippen LogP contribution in [0.15, 0.2) is 27.5 Å². The van der Waals surface area contributed by atoms with E-state index >= 15 is 0 Å². The van der Waals surface area contributed by atoms with E-state index < -0.39 is 5.60 Å². The van der Waals surface area contributed by atoms with Gasteiger partial charge in [0.25, 0.3) is 5.56 Å². The van der Waals surface area contributed by atoms with E-state index in [0.717, 1.165) is 47.5 Å². The van der Waals surface area contributed by atoms with E-state index in [1.807, 2.05) is 33.8 Å². The Morgan fingerprint density at radius 2 is 1.93 bits per heavy atom. The Labute approximate surface area is 178 Å². The van der Waals surface area contributed by atoms with Gasteiger partial charge in [-0.1, -0.05) is 6.07 Å². The number of carbonyl (C=O) groups is 1. The van der Waals surface area contributed by atoms with Gasteiger partial charge in [0.15, 0.2) is 0 Å². The number of aryl methyl sites for hydroxylation is 1. The van der Waals surface area contributed by atoms with Gasteiger partial charge in [0.2, 0.25) is 0 Å². The third-order valence-electron chi connectivity index (χ3n) is 5.83. The summed E-state index contributed by atoms with van der Waals surface area (Å²) in [5.74, 6) is 0. The summed E-state index contributed by atoms with van der Waals surface area (Å²) in [4.78, 5) is 26.1. The molecule has 1 saturated carbocycles. The van der Waals surface area contributed by atoms with Gasteiger partial charge in [-0.15, -0.1) is 0 Å². The van der Waals surface area contributed by atoms with Crippen LogP contribution in [0.5, 0.6) is 0 Å². The second-order valence-corrected chi connectivity index (χ2v) is 10.2. The van der Waals surface area contributed by atoms with Crippen LogP contribution in [0.2, 0.25) is 0 Å². The normalized spacial score (nSPS) is 18.5. The molecular weight excluding hydrogens is 436 g/mol. The van der Waals surface area contributed by atoms with E-state index in [1.165, 1.54) is 0 Å². The summed E-state index contributed by atoms with van der Waals surface area (Å²) < 4.78 is 10.1. The molecule has 1 saturated heterocycles. The Hall–Kier alpha value is -2.09. The molecule has 156 valence electrons. The third kappa shape index (κ3) is 3.52. The van der Waals surface area contributed by atoms with Gasteiger partial charge in [0, 0.05) is 31.6 Å². The molecule has 8 heteroatoms. The van der Waals surface area contributed by atoms with Gasteiger partial charge in [0.05, 0.1) is 27.6 Å². The van der Waals surface area contributed by atoms with Crippen molar-refractivity contribution in [2.45, 2.75) is 52.2 Å². The fourth-order valence-electron chi connectivity index (χ4n) is 4.41. The van der Waals surface area contributed by atoms with Crippen molar-refractivity contribution in [1.82, 2.24) is 19.2 Å². The monoisotopic (exact) mass is 462 g/mol. The average molecular weight is 463 g/mol. The Balaban J connectivity index is 1.50. The number of nitrogens with zero attached hydrogens (tertiary/aromatic N) is 4. The number of hydrogen-bond donors (Lipinski definition) is 0. The molecule has 0 radical (unpaired) electrons. The van der Waals surface area contributed by atoms with Gasteiger partial charge in [-0.25, -0.2) is 4.79 Å². The van der Waals surface area contributed by atoms with Gasteiger partial charge < -0.3 is 14.2 Å². The highest BCUT2D eigenvalue weighted by atomic mass is 79.9. The van der Waals surface area contributed by atoms with Gasteiger partial charge in [-0.05, 0) is 62.5 Å². The molecule has 1 aliphatic carbocycles. The summed E-state index contributed by atoms with van der Waals surface area (Å²) in [5, 5.41) is 4.76. The summed E-state index contributed by atoms with van der Waals surface area (Å²) in [6.45, 7) is 9.09. The van der Waals surface area contributed by atoms with Crippen LogP contribution in [-0.4, -0.2) is 44.0 Å². The van der Waals surface area contributed by atoms with Crippen LogP contribution in [0.25, 0.3) is 11.4 Å². The SMILES string of the molecule is Cc1nn(C2CC3(C2)CN(C(=O)OC(C)(C)C)C3)c(-c2cccc(=O)n2C)c1Br. The number of likely N-dealkylation sites (tertiary alicyclic amines) is 1. The number of halogens is 1. The summed E-state index contributed by atoms with van der Waals surface area (Å²) in [5.41, 5.74) is 2.33. The van der Waals surface area contributed by atoms with E-state index in [1.54, 1.807) is 28.6 Å². The first-order chi connectivity index (χ1) is 13.5. The van der Waals surface area contributed by atoms with Crippen molar-refractivity contribution in [3.8, 4) is 11.4 Å². The fraction of sp³-hybridized carbons (Fsp3) is 0.571. The average Bonchev–Trinajstić information content (AvgIpc) is 2.81. The maximum absolute atomic E-state index is 12.2. The van der Waals surface area contributed by atoms with E-state index in [9.17, 15) is 9.59 Å². The molecule has 0 bridgehead atoms. The summed E-state index contributed by atoms with van der Waals surface area (Å²) in [7, 11) is 1.78. The van der Waals surface area contributed by atoms with Gasteiger partial charge >= 0.3 is 6.09 Å². The molecule has 29 heavy (non-hydrogen) atoms. The van der Waals surface area contributed by atoms with Crippen molar-refractivity contribution in [3.05, 3.63) is 38.7 Å². The minimum absolute atomic E-state index is 0.0446. The zero-order valence-corrected chi connectivity index (χ0v) is 19.1. The van der Waals surface area contributed by atoms with Crippen molar-refractivity contribution in [2.75, 3.05) is 13.1 Å². The first-order valence-electron chi connectivity index (χ1n) is 9.89. The number of hydrogen-bond acceptors (Lipinski definition) is 4. The molecule has 1 spiro atoms. The molecule has 0 N–H and O–H groups in total. The number of ether oxygens (including phenoxy) is 1. The van der Waals surface area contributed by atoms with Crippen LogP contribution in [0, 0.1) is 12.3 Å². The largest absolute Gasteiger partial charge is 0.444 e. The molecule has 1 amide bonds. The predicted octanol–water partition coefficient (Wildman–Crippen LogP) is 3.89. The van der Waals surface area contributed by atoms with Crippen LogP contribution in [0.4, 0.5) is 4.79 Å². The zero-order valence-electron chi connectivity index (χ0n) is 17.5. The Morgan fingerprint density at radius 3 is 2.55 bits per heavy atom. The molecule has 7 nitrogen and oxygen atoms in total. The Bertz CT molecular complexity index is 1020. The zero-order chi connectivity index (χ0) is 21.1. The molecule has 2 fully saturated rings. The smallest absolute Gasteiger partial charge is 0.410 e. The van der Waals surface area contributed by atoms with Crippen LogP contribution in [0.1, 0.15) is 45.3 Å². The van der Waals surface area contributed by atoms with E-state index in [-0.39, 0.29) is 23.1 Å². The maximum Gasteiger partial charge on any atom is 0.410 e. The van der Waals surface area contributed by atoms with Crippen molar-refractivity contribution >= 4 is 22.0 Å². The van der Waals surface area contributed by atoms with Gasteiger partial charge in [-0.2, -0.15) is 5.10 Å². The van der Waals surface area contributed by atoms with Crippen LogP contribution in [-0.2, 0) is 11.8 Å². The second-order valence-electron chi connectivity index (χ2n) is 9.40. The number of pyridine rings is 1. The Kier molecular flexibility index (Phi) is 4.68. The molecule has 0 atom stereocenters. The first kappa shape index (κ1) is 20.2. The summed E-state index contributed by atoms with van der Waals surface area (Å²) in [6.07, 6.45) is 1.70. The maximum atomic E-state index is 12.2. The van der Waals surface area contributed by atoms with E-state index in [0.29, 0.717) is 0 Å². The molecule has 0 aromatic carbocycles. The molecule has 2 aromatic rings. The summed E-state index contributed by atoms with van der Waals surface area (Å²) >= 11 is 3.67. The van der Waals surface area contributed by atoms with E-state index in [2.05, 4.69) is 20.6 Å². The van der Waals surface area contributed by atoms with Crippen molar-refractivity contribution in [2.24, 2.45) is 12.5 Å². The highest BCUT2D eigenvalue weighted by Gasteiger charge is 2.55. The number of carbonyl (C=O) groups excluding carboxylic acids is 1. The fourth-order valence-corrected chi connectivity index (χ4v) is 4.88. The molecular formula is C21H27BrN4O3. The van der Waals surface area contributed by atoms with Crippen LogP contribution in [0.3, 0.4) is 0 Å². The molecule has 2 aliphatic rings. The highest BCUT2D eigenvalue weighted by molar-refractivity contribution is 9.10. The molecule has 3 heterocycles. The summed E-state index contributed by atoms with van der Waals surface area (Å²) in [6, 6.07) is 5.54. The van der Waals surface area contributed by atoms with E-state index in [4.69, 9.17) is 9.84 Å². The van der Waals surface area contributed by atoms with Crippen LogP contribution >= 0.6 is 15.9 Å².